The minimum atomic E-state index is -1.29. The highest BCUT2D eigenvalue weighted by molar-refractivity contribution is 7.15. The average Bonchev–Trinajstić information content (AvgIpc) is 3.27. The lowest BCUT2D eigenvalue weighted by atomic mass is 9.90. The highest BCUT2D eigenvalue weighted by atomic mass is 32.1. The minimum absolute atomic E-state index is 0.00319. The third-order valence-electron chi connectivity index (χ3n) is 15.5. The molecule has 2 saturated heterocycles. The van der Waals surface area contributed by atoms with Gasteiger partial charge in [0.05, 0.1) is 41.4 Å². The van der Waals surface area contributed by atoms with Crippen LogP contribution < -0.4 is 22.1 Å². The van der Waals surface area contributed by atoms with Crippen LogP contribution in [0.2, 0.25) is 0 Å². The molecule has 0 unspecified atom stereocenters. The zero-order chi connectivity index (χ0) is 60.8. The Kier molecular flexibility index (Phi) is 17.1. The number of primary amides is 1. The summed E-state index contributed by atoms with van der Waals surface area (Å²) in [6, 6.07) is 15.5. The average molecular weight is 1280 g/mol. The molecule has 3 aliphatic rings. The van der Waals surface area contributed by atoms with Crippen LogP contribution in [0.5, 0.6) is 5.75 Å². The van der Waals surface area contributed by atoms with Crippen molar-refractivity contribution in [3.05, 3.63) is 147 Å². The van der Waals surface area contributed by atoms with Crippen molar-refractivity contribution in [2.75, 3.05) is 19.6 Å². The molecular weight excluding hydrogens is 1230 g/mol. The van der Waals surface area contributed by atoms with Gasteiger partial charge in [0.25, 0.3) is 17.7 Å². The molecule has 0 radical (unpaired) electrons. The second kappa shape index (κ2) is 25.0. The summed E-state index contributed by atoms with van der Waals surface area (Å²) in [5.41, 5.74) is 15.5. The summed E-state index contributed by atoms with van der Waals surface area (Å²) >= 11 is 7.17. The molecule has 2 aromatic carbocycles. The number of nitrogens with one attached hydrogen (secondary N) is 2. The second-order valence-electron chi connectivity index (χ2n) is 21.5. The van der Waals surface area contributed by atoms with Crippen molar-refractivity contribution < 1.29 is 44.1 Å². The standard InChI is InChI=1S/C59H55N13O9S6/c1-27-44(75)21-72-48(27)57-68-41(25-86-57)55-65-38(22-84-55)47-33(12-13-35(62-47)54-69-42(26-85-54)58(80)71-16-14-31(60)15-17-71)52-66-39(23-82-52)50(78)63-36(20-45(61)76)56-70-46(28(2)87-56)43(74)19-34(49(77)30-6-4-3-5-7-30)53-67-40(24-83-53)51(79)64-37(59(72)81)18-29-8-10-32(73)11-9-29/h3-13,22-27,31,34,36-37,44,48-49,73,75,77H,14-21,60H2,1-2H3,(H2,61,76)(H,63,78)(H,64,79)/t27-,34-,36-,37-,44-,48-,49+/m0/s1. The molecule has 87 heavy (non-hydrogen) atoms. The van der Waals surface area contributed by atoms with E-state index in [1.807, 2.05) is 17.7 Å². The van der Waals surface area contributed by atoms with Gasteiger partial charge in [-0.05, 0) is 55.2 Å². The Morgan fingerprint density at radius 3 is 2.10 bits per heavy atom. The van der Waals surface area contributed by atoms with Crippen molar-refractivity contribution in [2.24, 2.45) is 17.4 Å². The molecule has 3 aliphatic heterocycles. The van der Waals surface area contributed by atoms with Crippen LogP contribution in [0.15, 0.2) is 93.6 Å². The Bertz CT molecular complexity index is 4080. The van der Waals surface area contributed by atoms with Gasteiger partial charge in [-0.1, -0.05) is 49.4 Å². The number of hydrogen-bond donors (Lipinski definition) is 7. The molecule has 9 aromatic rings. The van der Waals surface area contributed by atoms with Crippen molar-refractivity contribution in [2.45, 2.75) is 88.2 Å². The Morgan fingerprint density at radius 2 is 1.34 bits per heavy atom. The molecule has 446 valence electrons. The molecule has 0 spiro atoms. The maximum Gasteiger partial charge on any atom is 0.273 e. The first-order chi connectivity index (χ1) is 41.9. The number of amides is 5. The lowest BCUT2D eigenvalue weighted by Gasteiger charge is -2.29. The number of carbonyl (C=O) groups is 6. The molecule has 7 aromatic heterocycles. The van der Waals surface area contributed by atoms with Gasteiger partial charge in [0.1, 0.15) is 76.7 Å². The minimum Gasteiger partial charge on any atom is -0.508 e. The molecule has 22 nitrogen and oxygen atoms in total. The summed E-state index contributed by atoms with van der Waals surface area (Å²) in [6.07, 6.45) is -1.59. The highest BCUT2D eigenvalue weighted by Crippen LogP contribution is 2.43. The number of likely N-dealkylation sites (tertiary alicyclic amines) is 1. The number of benzene rings is 2. The van der Waals surface area contributed by atoms with E-state index in [1.54, 1.807) is 77.2 Å². The number of aromatic hydroxyl groups is 1. The first-order valence-corrected chi connectivity index (χ1v) is 32.9. The van der Waals surface area contributed by atoms with Crippen LogP contribution in [0.3, 0.4) is 0 Å². The van der Waals surface area contributed by atoms with Crippen LogP contribution >= 0.6 is 68.0 Å². The van der Waals surface area contributed by atoms with Gasteiger partial charge in [0, 0.05) is 87.7 Å². The molecule has 10 heterocycles. The SMILES string of the molecule is Cc1sc2nc1C(=O)C[C@@H]([C@H](O)c1ccccc1)c1nc(cs1)C(=O)N[C@@H](Cc1ccc(O)cc1)C(=O)N1C[C@H](O)[C@H](C)[C@H]1c1nc(cs1)-c1nc(cs1)-c1nc(-c3nc(C(=O)N4CCC(N)CC4)cs3)ccc1-c1nc(cs1)C(=O)N[C@H]2CC(N)=O. The van der Waals surface area contributed by atoms with Gasteiger partial charge < -0.3 is 47.2 Å². The molecule has 0 aliphatic carbocycles. The van der Waals surface area contributed by atoms with E-state index in [0.29, 0.717) is 90.3 Å². The Balaban J connectivity index is 0.948. The lowest BCUT2D eigenvalue weighted by molar-refractivity contribution is -0.134. The van der Waals surface area contributed by atoms with Gasteiger partial charge >= 0.3 is 0 Å². The smallest absolute Gasteiger partial charge is 0.273 e. The van der Waals surface area contributed by atoms with Crippen molar-refractivity contribution in [1.29, 1.82) is 0 Å². The number of fused-ring (bicyclic) bond motifs is 16. The van der Waals surface area contributed by atoms with Crippen LogP contribution in [0.25, 0.3) is 43.4 Å². The van der Waals surface area contributed by atoms with Crippen LogP contribution in [0, 0.1) is 12.8 Å². The molecule has 2 fully saturated rings. The van der Waals surface area contributed by atoms with Gasteiger partial charge in [-0.25, -0.2) is 34.9 Å². The summed E-state index contributed by atoms with van der Waals surface area (Å²) in [7, 11) is 0. The summed E-state index contributed by atoms with van der Waals surface area (Å²) in [5.74, 6) is -4.83. The topological polar surface area (TPSA) is 336 Å². The number of hydrogen-bond acceptors (Lipinski definition) is 23. The van der Waals surface area contributed by atoms with Crippen molar-refractivity contribution in [3.63, 3.8) is 0 Å². The van der Waals surface area contributed by atoms with Crippen LogP contribution in [-0.4, -0.2) is 133 Å². The van der Waals surface area contributed by atoms with Gasteiger partial charge in [-0.15, -0.1) is 68.0 Å². The number of piperidine rings is 1. The van der Waals surface area contributed by atoms with E-state index < -0.39 is 71.6 Å². The number of rotatable bonds is 8. The predicted molar refractivity (Wildman–Crippen MR) is 331 cm³/mol. The summed E-state index contributed by atoms with van der Waals surface area (Å²) < 4.78 is 0. The number of carbonyl (C=O) groups excluding carboxylic acids is 6. The number of nitrogens with two attached hydrogens (primary N) is 2. The van der Waals surface area contributed by atoms with Crippen molar-refractivity contribution in [3.8, 4) is 49.1 Å². The lowest BCUT2D eigenvalue weighted by Crippen LogP contribution is -2.50. The third-order valence-corrected chi connectivity index (χ3v) is 21.1. The number of ketones is 1. The van der Waals surface area contributed by atoms with Crippen LogP contribution in [-0.2, 0) is 16.0 Å². The van der Waals surface area contributed by atoms with Gasteiger partial charge in [-0.3, -0.25) is 28.8 Å². The molecule has 9 N–H and O–H groups in total. The number of thiazole rings is 6. The number of aliphatic hydroxyl groups excluding tert-OH is 2. The first kappa shape index (κ1) is 59.4. The number of aliphatic hydroxyl groups is 2. The number of aromatic nitrogens is 7. The number of phenolic OH excluding ortho intramolecular Hbond substituents is 1. The number of pyridine rings is 1. The maximum absolute atomic E-state index is 15.2. The van der Waals surface area contributed by atoms with Gasteiger partial charge in [0.2, 0.25) is 11.8 Å². The fourth-order valence-corrected chi connectivity index (χ4v) is 16.2. The van der Waals surface area contributed by atoms with E-state index in [-0.39, 0.29) is 76.3 Å². The molecule has 5 amide bonds. The Labute approximate surface area is 521 Å². The Morgan fingerprint density at radius 1 is 0.701 bits per heavy atom. The normalized spacial score (nSPS) is 20.8. The van der Waals surface area contributed by atoms with Gasteiger partial charge in [0.15, 0.2) is 5.78 Å². The Hall–Kier alpha value is -7.93. The summed E-state index contributed by atoms with van der Waals surface area (Å²) in [6.45, 7) is 4.49. The monoisotopic (exact) mass is 1280 g/mol. The van der Waals surface area contributed by atoms with E-state index in [9.17, 15) is 39.3 Å². The maximum atomic E-state index is 15.2. The van der Waals surface area contributed by atoms with E-state index in [1.165, 1.54) is 67.8 Å². The number of nitrogens with zero attached hydrogens (tertiary/aromatic N) is 9. The highest BCUT2D eigenvalue weighted by Gasteiger charge is 2.46. The zero-order valence-corrected chi connectivity index (χ0v) is 51.3. The first-order valence-electron chi connectivity index (χ1n) is 27.7. The van der Waals surface area contributed by atoms with E-state index >= 15 is 4.79 Å². The molecule has 0 saturated carbocycles. The van der Waals surface area contributed by atoms with E-state index in [0.717, 1.165) is 22.7 Å². The van der Waals surface area contributed by atoms with Crippen molar-refractivity contribution >= 4 is 103 Å². The molecular formula is C59H55N13O9S6. The predicted octanol–water partition coefficient (Wildman–Crippen LogP) is 7.74. The summed E-state index contributed by atoms with van der Waals surface area (Å²) in [4.78, 5) is 123. The summed E-state index contributed by atoms with van der Waals surface area (Å²) in [5, 5.41) is 50.3. The zero-order valence-electron chi connectivity index (χ0n) is 46.4. The number of phenols is 1. The molecule has 10 bridgehead atoms. The second-order valence-corrected chi connectivity index (χ2v) is 27.1. The largest absolute Gasteiger partial charge is 0.508 e. The van der Waals surface area contributed by atoms with Gasteiger partial charge in [-0.2, -0.15) is 0 Å². The van der Waals surface area contributed by atoms with Crippen LogP contribution in [0.1, 0.15) is 130 Å². The number of Topliss-reactive ketones (excluding diaryl/α,β-unsaturated/α-hetero) is 1. The molecule has 12 rings (SSSR count). The van der Waals surface area contributed by atoms with E-state index in [4.69, 9.17) is 46.4 Å². The molecule has 7 atom stereocenters. The third kappa shape index (κ3) is 12.5. The van der Waals surface area contributed by atoms with Crippen molar-refractivity contribution in [1.82, 2.24) is 55.3 Å². The molecule has 28 heteroatoms. The van der Waals surface area contributed by atoms with E-state index in [2.05, 4.69) is 10.6 Å². The quantitative estimate of drug-likeness (QED) is 0.0765. The van der Waals surface area contributed by atoms with Crippen LogP contribution in [0.4, 0.5) is 0 Å². The number of aryl methyl sites for hydroxylation is 1. The fourth-order valence-electron chi connectivity index (χ4n) is 10.8. The fraction of sp³-hybridized carbons (Fsp3) is 0.305.